The first kappa shape index (κ1) is 15.9. The van der Waals surface area contributed by atoms with Gasteiger partial charge in [-0.25, -0.2) is 4.39 Å². The van der Waals surface area contributed by atoms with Crippen LogP contribution in [0.25, 0.3) is 0 Å². The van der Waals surface area contributed by atoms with E-state index in [0.717, 1.165) is 12.1 Å². The molecule has 0 heterocycles. The Morgan fingerprint density at radius 2 is 2.00 bits per heavy atom. The van der Waals surface area contributed by atoms with E-state index >= 15 is 0 Å². The normalized spacial score (nSPS) is 13.5. The Morgan fingerprint density at radius 1 is 1.32 bits per heavy atom. The highest BCUT2D eigenvalue weighted by atomic mass is 32.2. The van der Waals surface area contributed by atoms with Crippen molar-refractivity contribution < 1.29 is 26.5 Å². The molecule has 1 rings (SSSR count). The van der Waals surface area contributed by atoms with Gasteiger partial charge in [-0.15, -0.1) is 0 Å². The minimum Gasteiger partial charge on any atom is -0.398 e. The molecule has 0 saturated heterocycles. The number of nitrogens with two attached hydrogens (primary N) is 1. The van der Waals surface area contributed by atoms with Crippen LogP contribution in [0.5, 0.6) is 0 Å². The molecule has 1 unspecified atom stereocenters. The second kappa shape index (κ2) is 6.85. The molecule has 0 bridgehead atoms. The number of ether oxygens (including phenoxy) is 1. The van der Waals surface area contributed by atoms with E-state index in [-0.39, 0.29) is 29.4 Å². The van der Waals surface area contributed by atoms with Gasteiger partial charge in [-0.05, 0) is 24.6 Å². The number of nitrogen functional groups attached to an aromatic ring is 1. The highest BCUT2D eigenvalue weighted by Gasteiger charge is 2.27. The second-order valence-corrected chi connectivity index (χ2v) is 5.29. The average molecular weight is 299 g/mol. The Bertz CT molecular complexity index is 451. The van der Waals surface area contributed by atoms with Gasteiger partial charge in [-0.1, -0.05) is 0 Å². The first-order valence-corrected chi connectivity index (χ1v) is 6.69. The highest BCUT2D eigenvalue weighted by Crippen LogP contribution is 2.18. The summed E-state index contributed by atoms with van der Waals surface area (Å²) in [5.41, 5.74) is 5.56. The molecule has 0 aliphatic carbocycles. The largest absolute Gasteiger partial charge is 0.411 e. The Morgan fingerprint density at radius 3 is 2.58 bits per heavy atom. The van der Waals surface area contributed by atoms with Crippen LogP contribution in [-0.4, -0.2) is 29.4 Å². The second-order valence-electron chi connectivity index (χ2n) is 3.75. The monoisotopic (exact) mass is 299 g/mol. The van der Waals surface area contributed by atoms with Crippen molar-refractivity contribution in [2.45, 2.75) is 17.5 Å². The van der Waals surface area contributed by atoms with E-state index in [1.54, 1.807) is 0 Å². The fraction of sp³-hybridized carbons (Fsp3) is 0.455. The van der Waals surface area contributed by atoms with Gasteiger partial charge in [-0.3, -0.25) is 4.21 Å². The van der Waals surface area contributed by atoms with Crippen molar-refractivity contribution in [3.05, 3.63) is 24.0 Å². The van der Waals surface area contributed by atoms with Gasteiger partial charge in [0.25, 0.3) is 0 Å². The molecule has 2 N–H and O–H groups in total. The molecule has 1 atom stereocenters. The van der Waals surface area contributed by atoms with Crippen LogP contribution in [0.1, 0.15) is 6.42 Å². The van der Waals surface area contributed by atoms with Gasteiger partial charge in [0, 0.05) is 12.4 Å². The molecular weight excluding hydrogens is 286 g/mol. The van der Waals surface area contributed by atoms with Crippen LogP contribution < -0.4 is 5.73 Å². The van der Waals surface area contributed by atoms with Crippen molar-refractivity contribution >= 4 is 16.5 Å². The number of hydrogen-bond donors (Lipinski definition) is 1. The molecule has 0 aromatic heterocycles. The van der Waals surface area contributed by atoms with Crippen molar-refractivity contribution in [2.75, 3.05) is 24.7 Å². The van der Waals surface area contributed by atoms with Gasteiger partial charge in [0.05, 0.1) is 21.4 Å². The summed E-state index contributed by atoms with van der Waals surface area (Å²) in [6.07, 6.45) is -4.17. The minimum absolute atomic E-state index is 0.0644. The summed E-state index contributed by atoms with van der Waals surface area (Å²) in [6.45, 7) is -1.47. The lowest BCUT2D eigenvalue weighted by molar-refractivity contribution is -0.173. The molecule has 0 saturated carbocycles. The summed E-state index contributed by atoms with van der Waals surface area (Å²) in [7, 11) is -1.48. The number of rotatable bonds is 6. The quantitative estimate of drug-likeness (QED) is 0.499. The van der Waals surface area contributed by atoms with Gasteiger partial charge in [0.1, 0.15) is 12.4 Å². The molecule has 0 amide bonds. The third kappa shape index (κ3) is 6.02. The smallest absolute Gasteiger partial charge is 0.398 e. The van der Waals surface area contributed by atoms with Gasteiger partial charge in [-0.2, -0.15) is 13.2 Å². The van der Waals surface area contributed by atoms with Gasteiger partial charge < -0.3 is 10.5 Å². The van der Waals surface area contributed by atoms with Gasteiger partial charge in [0.2, 0.25) is 0 Å². The van der Waals surface area contributed by atoms with E-state index < -0.39 is 29.4 Å². The fourth-order valence-corrected chi connectivity index (χ4v) is 2.46. The van der Waals surface area contributed by atoms with E-state index in [4.69, 9.17) is 5.73 Å². The van der Waals surface area contributed by atoms with Crippen LogP contribution in [-0.2, 0) is 15.5 Å². The lowest BCUT2D eigenvalue weighted by Crippen LogP contribution is -2.18. The zero-order valence-corrected chi connectivity index (χ0v) is 10.7. The van der Waals surface area contributed by atoms with E-state index in [1.165, 1.54) is 6.07 Å². The van der Waals surface area contributed by atoms with Crippen LogP contribution in [0.2, 0.25) is 0 Å². The first-order chi connectivity index (χ1) is 8.79. The molecule has 1 aromatic carbocycles. The number of anilines is 1. The molecule has 0 fully saturated rings. The minimum atomic E-state index is -4.36. The van der Waals surface area contributed by atoms with Crippen LogP contribution in [0.4, 0.5) is 23.2 Å². The van der Waals surface area contributed by atoms with Crippen molar-refractivity contribution in [2.24, 2.45) is 0 Å². The Balaban J connectivity index is 2.36. The number of hydrogen-bond acceptors (Lipinski definition) is 3. The SMILES string of the molecule is Nc1cc(F)ccc1S(=O)CCCOCC(F)(F)F. The summed E-state index contributed by atoms with van der Waals surface area (Å²) in [5.74, 6) is -0.431. The molecule has 0 spiro atoms. The molecule has 1 aromatic rings. The molecule has 0 aliphatic heterocycles. The molecule has 0 aliphatic rings. The van der Waals surface area contributed by atoms with E-state index in [2.05, 4.69) is 4.74 Å². The molecule has 108 valence electrons. The molecule has 19 heavy (non-hydrogen) atoms. The van der Waals surface area contributed by atoms with Crippen molar-refractivity contribution in [1.82, 2.24) is 0 Å². The summed E-state index contributed by atoms with van der Waals surface area (Å²) in [6, 6.07) is 3.48. The molecule has 0 radical (unpaired) electrons. The zero-order chi connectivity index (χ0) is 14.5. The van der Waals surface area contributed by atoms with Gasteiger partial charge >= 0.3 is 6.18 Å². The third-order valence-electron chi connectivity index (χ3n) is 2.10. The molecular formula is C11H13F4NO2S. The van der Waals surface area contributed by atoms with Crippen LogP contribution >= 0.6 is 0 Å². The Kier molecular flexibility index (Phi) is 5.74. The lowest BCUT2D eigenvalue weighted by atomic mass is 10.3. The summed E-state index contributed by atoms with van der Waals surface area (Å²) >= 11 is 0. The lowest BCUT2D eigenvalue weighted by Gasteiger charge is -2.08. The predicted molar refractivity (Wildman–Crippen MR) is 63.6 cm³/mol. The zero-order valence-electron chi connectivity index (χ0n) is 9.87. The number of benzene rings is 1. The summed E-state index contributed by atoms with van der Waals surface area (Å²) < 4.78 is 64.2. The van der Waals surface area contributed by atoms with Gasteiger partial charge in [0.15, 0.2) is 0 Å². The van der Waals surface area contributed by atoms with Crippen molar-refractivity contribution in [1.29, 1.82) is 0 Å². The summed E-state index contributed by atoms with van der Waals surface area (Å²) in [4.78, 5) is 0.275. The van der Waals surface area contributed by atoms with Crippen LogP contribution in [0.3, 0.4) is 0 Å². The first-order valence-electron chi connectivity index (χ1n) is 5.37. The standard InChI is InChI=1S/C11H13F4NO2S/c12-8-2-3-10(9(16)6-8)19(17)5-1-4-18-7-11(13,14)15/h2-3,6H,1,4-5,7,16H2. The fourth-order valence-electron chi connectivity index (χ4n) is 1.32. The maximum absolute atomic E-state index is 12.8. The average Bonchev–Trinajstić information content (AvgIpc) is 2.26. The number of alkyl halides is 3. The summed E-state index contributed by atoms with van der Waals surface area (Å²) in [5, 5.41) is 0. The van der Waals surface area contributed by atoms with Crippen LogP contribution in [0.15, 0.2) is 23.1 Å². The van der Waals surface area contributed by atoms with Crippen molar-refractivity contribution in [3.63, 3.8) is 0 Å². The van der Waals surface area contributed by atoms with Crippen LogP contribution in [0, 0.1) is 5.82 Å². The maximum Gasteiger partial charge on any atom is 0.411 e. The predicted octanol–water partition coefficient (Wildman–Crippen LogP) is 2.48. The molecule has 8 heteroatoms. The van der Waals surface area contributed by atoms with E-state index in [1.807, 2.05) is 0 Å². The topological polar surface area (TPSA) is 52.3 Å². The number of halogens is 4. The Hall–Kier alpha value is -1.15. The van der Waals surface area contributed by atoms with E-state index in [9.17, 15) is 21.8 Å². The molecule has 3 nitrogen and oxygen atoms in total. The Labute approximate surface area is 110 Å². The maximum atomic E-state index is 12.8. The van der Waals surface area contributed by atoms with Crippen molar-refractivity contribution in [3.8, 4) is 0 Å². The third-order valence-corrected chi connectivity index (χ3v) is 3.62. The van der Waals surface area contributed by atoms with E-state index in [0.29, 0.717) is 0 Å². The highest BCUT2D eigenvalue weighted by molar-refractivity contribution is 7.85.